The van der Waals surface area contributed by atoms with Gasteiger partial charge in [0.05, 0.1) is 10.6 Å². The van der Waals surface area contributed by atoms with Gasteiger partial charge in [-0.1, -0.05) is 19.1 Å². The zero-order valence-electron chi connectivity index (χ0n) is 10.5. The molecule has 0 saturated heterocycles. The van der Waals surface area contributed by atoms with Crippen LogP contribution in [0.2, 0.25) is 0 Å². The van der Waals surface area contributed by atoms with Gasteiger partial charge < -0.3 is 10.4 Å². The van der Waals surface area contributed by atoms with Crippen molar-refractivity contribution >= 4 is 15.5 Å². The van der Waals surface area contributed by atoms with Gasteiger partial charge >= 0.3 is 5.76 Å². The molecule has 7 heteroatoms. The Bertz CT molecular complexity index is 505. The van der Waals surface area contributed by atoms with Gasteiger partial charge in [-0.15, -0.1) is 0 Å². The topological polar surface area (TPSA) is 66.4 Å². The van der Waals surface area contributed by atoms with Crippen LogP contribution < -0.4 is 5.32 Å². The minimum atomic E-state index is -4.61. The number of para-hydroxylation sites is 1. The molecule has 0 heterocycles. The third kappa shape index (κ3) is 4.14. The second-order valence-electron chi connectivity index (χ2n) is 4.30. The van der Waals surface area contributed by atoms with Crippen molar-refractivity contribution in [2.75, 3.05) is 18.5 Å². The van der Waals surface area contributed by atoms with Gasteiger partial charge in [0.25, 0.3) is 0 Å². The van der Waals surface area contributed by atoms with E-state index in [1.165, 1.54) is 12.1 Å². The maximum absolute atomic E-state index is 12.5. The first-order valence-electron chi connectivity index (χ1n) is 5.85. The van der Waals surface area contributed by atoms with E-state index in [-0.39, 0.29) is 18.2 Å². The molecule has 0 amide bonds. The Balaban J connectivity index is 2.91. The molecule has 1 rings (SSSR count). The van der Waals surface area contributed by atoms with Crippen LogP contribution in [0.3, 0.4) is 0 Å². The molecule has 0 aromatic heterocycles. The summed E-state index contributed by atoms with van der Waals surface area (Å²) in [6, 6.07) is 5.57. The summed E-state index contributed by atoms with van der Waals surface area (Å²) in [6.45, 7) is 2.30. The van der Waals surface area contributed by atoms with Crippen LogP contribution in [0.15, 0.2) is 29.2 Å². The number of halogens is 2. The fourth-order valence-corrected chi connectivity index (χ4v) is 2.47. The lowest BCUT2D eigenvalue weighted by molar-refractivity contribution is 0.235. The minimum Gasteiger partial charge on any atom is -0.396 e. The van der Waals surface area contributed by atoms with E-state index in [2.05, 4.69) is 5.32 Å². The highest BCUT2D eigenvalue weighted by molar-refractivity contribution is 7.91. The van der Waals surface area contributed by atoms with Crippen LogP contribution in [0.4, 0.5) is 14.5 Å². The fourth-order valence-electron chi connectivity index (χ4n) is 1.56. The first kappa shape index (κ1) is 15.8. The number of hydrogen-bond acceptors (Lipinski definition) is 4. The van der Waals surface area contributed by atoms with Crippen LogP contribution in [0, 0.1) is 5.92 Å². The van der Waals surface area contributed by atoms with Crippen LogP contribution in [-0.4, -0.2) is 32.4 Å². The molecule has 0 aliphatic heterocycles. The normalized spacial score (nSPS) is 13.5. The highest BCUT2D eigenvalue weighted by Crippen LogP contribution is 2.26. The molecular weight excluding hydrogens is 276 g/mol. The van der Waals surface area contributed by atoms with Gasteiger partial charge in [0.2, 0.25) is 9.84 Å². The fraction of sp³-hybridized carbons (Fsp3) is 0.500. The number of aliphatic hydroxyl groups excluding tert-OH is 1. The zero-order valence-corrected chi connectivity index (χ0v) is 11.3. The second kappa shape index (κ2) is 6.81. The Labute approximate surface area is 111 Å². The number of rotatable bonds is 7. The Morgan fingerprint density at radius 2 is 1.95 bits per heavy atom. The van der Waals surface area contributed by atoms with Crippen molar-refractivity contribution in [3.05, 3.63) is 24.3 Å². The van der Waals surface area contributed by atoms with E-state index in [4.69, 9.17) is 5.11 Å². The van der Waals surface area contributed by atoms with E-state index in [1.54, 1.807) is 6.07 Å². The summed E-state index contributed by atoms with van der Waals surface area (Å²) in [5.41, 5.74) is 0.160. The van der Waals surface area contributed by atoms with E-state index in [0.29, 0.717) is 13.0 Å². The number of nitrogens with one attached hydrogen (secondary N) is 1. The van der Waals surface area contributed by atoms with Gasteiger partial charge in [0.1, 0.15) is 0 Å². The van der Waals surface area contributed by atoms with Crippen molar-refractivity contribution in [1.82, 2.24) is 0 Å². The lowest BCUT2D eigenvalue weighted by Gasteiger charge is -2.15. The molecule has 4 nitrogen and oxygen atoms in total. The largest absolute Gasteiger partial charge is 0.396 e. The van der Waals surface area contributed by atoms with Gasteiger partial charge in [-0.05, 0) is 24.5 Å². The third-order valence-electron chi connectivity index (χ3n) is 2.69. The Morgan fingerprint density at radius 1 is 1.32 bits per heavy atom. The van der Waals surface area contributed by atoms with Crippen molar-refractivity contribution < 1.29 is 22.3 Å². The van der Waals surface area contributed by atoms with E-state index in [1.807, 2.05) is 6.92 Å². The first-order chi connectivity index (χ1) is 8.89. The molecular formula is C12H17F2NO3S. The van der Waals surface area contributed by atoms with Gasteiger partial charge in [0.15, 0.2) is 0 Å². The molecule has 2 N–H and O–H groups in total. The van der Waals surface area contributed by atoms with Crippen molar-refractivity contribution in [3.8, 4) is 0 Å². The average molecular weight is 293 g/mol. The SMILES string of the molecule is CC(CCO)CNc1ccccc1S(=O)(=O)C(F)F. The van der Waals surface area contributed by atoms with Crippen LogP contribution in [0.25, 0.3) is 0 Å². The first-order valence-corrected chi connectivity index (χ1v) is 7.40. The predicted molar refractivity (Wildman–Crippen MR) is 69.0 cm³/mol. The Hall–Kier alpha value is -1.21. The third-order valence-corrected chi connectivity index (χ3v) is 4.13. The molecule has 0 saturated carbocycles. The summed E-state index contributed by atoms with van der Waals surface area (Å²) in [6.07, 6.45) is 0.552. The number of benzene rings is 1. The summed E-state index contributed by atoms with van der Waals surface area (Å²) < 4.78 is 48.1. The Morgan fingerprint density at radius 3 is 2.53 bits per heavy atom. The second-order valence-corrected chi connectivity index (χ2v) is 6.19. The van der Waals surface area contributed by atoms with E-state index in [9.17, 15) is 17.2 Å². The smallest absolute Gasteiger partial charge is 0.341 e. The van der Waals surface area contributed by atoms with Crippen molar-refractivity contribution in [1.29, 1.82) is 0 Å². The maximum Gasteiger partial charge on any atom is 0.341 e. The summed E-state index contributed by atoms with van der Waals surface area (Å²) in [5.74, 6) is -3.34. The molecule has 0 aliphatic rings. The van der Waals surface area contributed by atoms with Gasteiger partial charge in [-0.2, -0.15) is 8.78 Å². The number of anilines is 1. The molecule has 0 spiro atoms. The minimum absolute atomic E-state index is 0.0276. The van der Waals surface area contributed by atoms with Crippen LogP contribution in [0.1, 0.15) is 13.3 Å². The van der Waals surface area contributed by atoms with Gasteiger partial charge in [-0.3, -0.25) is 0 Å². The van der Waals surface area contributed by atoms with Gasteiger partial charge in [-0.25, -0.2) is 8.42 Å². The molecule has 0 fully saturated rings. The molecule has 1 aromatic rings. The molecule has 108 valence electrons. The molecule has 1 atom stereocenters. The predicted octanol–water partition coefficient (Wildman–Crippen LogP) is 2.11. The zero-order chi connectivity index (χ0) is 14.5. The van der Waals surface area contributed by atoms with Crippen LogP contribution in [0.5, 0.6) is 0 Å². The molecule has 0 aliphatic carbocycles. The van der Waals surface area contributed by atoms with Gasteiger partial charge in [0, 0.05) is 13.2 Å². The maximum atomic E-state index is 12.5. The number of hydrogen-bond donors (Lipinski definition) is 2. The monoisotopic (exact) mass is 293 g/mol. The number of sulfone groups is 1. The summed E-state index contributed by atoms with van der Waals surface area (Å²) in [5, 5.41) is 11.6. The van der Waals surface area contributed by atoms with Crippen molar-refractivity contribution in [3.63, 3.8) is 0 Å². The number of aliphatic hydroxyl groups is 1. The highest BCUT2D eigenvalue weighted by Gasteiger charge is 2.28. The summed E-state index contributed by atoms with van der Waals surface area (Å²) in [7, 11) is -4.61. The Kier molecular flexibility index (Phi) is 5.68. The van der Waals surface area contributed by atoms with E-state index < -0.39 is 20.5 Å². The van der Waals surface area contributed by atoms with Crippen LogP contribution in [-0.2, 0) is 9.84 Å². The molecule has 19 heavy (non-hydrogen) atoms. The summed E-state index contributed by atoms with van der Waals surface area (Å²) in [4.78, 5) is -0.402. The molecule has 1 unspecified atom stereocenters. The standard InChI is InChI=1S/C12H17F2NO3S/c1-9(6-7-16)8-15-10-4-2-3-5-11(10)19(17,18)12(13)14/h2-5,9,12,15-16H,6-8H2,1H3. The van der Waals surface area contributed by atoms with Crippen molar-refractivity contribution in [2.24, 2.45) is 5.92 Å². The number of alkyl halides is 2. The lowest BCUT2D eigenvalue weighted by Crippen LogP contribution is -2.17. The van der Waals surface area contributed by atoms with E-state index in [0.717, 1.165) is 6.07 Å². The highest BCUT2D eigenvalue weighted by atomic mass is 32.2. The molecule has 1 aromatic carbocycles. The van der Waals surface area contributed by atoms with Crippen LogP contribution >= 0.6 is 0 Å². The summed E-state index contributed by atoms with van der Waals surface area (Å²) >= 11 is 0. The average Bonchev–Trinajstić information content (AvgIpc) is 2.37. The molecule has 0 bridgehead atoms. The molecule has 0 radical (unpaired) electrons. The lowest BCUT2D eigenvalue weighted by atomic mass is 10.1. The quantitative estimate of drug-likeness (QED) is 0.808. The van der Waals surface area contributed by atoms with Crippen molar-refractivity contribution in [2.45, 2.75) is 24.0 Å². The van der Waals surface area contributed by atoms with E-state index >= 15 is 0 Å².